The first-order chi connectivity index (χ1) is 7.70. The number of thiophene rings is 1. The molecule has 0 saturated carbocycles. The maximum absolute atomic E-state index is 10.3. The molecule has 0 aliphatic rings. The van der Waals surface area contributed by atoms with Crippen LogP contribution in [0.3, 0.4) is 0 Å². The largest absolute Gasteiger partial charge is 0.384 e. The summed E-state index contributed by atoms with van der Waals surface area (Å²) >= 11 is 1.62. The molecule has 84 valence electrons. The third-order valence-electron chi connectivity index (χ3n) is 2.77. The Morgan fingerprint density at radius 1 is 1.06 bits per heavy atom. The molecule has 1 heterocycles. The van der Waals surface area contributed by atoms with Crippen molar-refractivity contribution in [3.63, 3.8) is 0 Å². The fourth-order valence-corrected chi connectivity index (χ4v) is 2.57. The van der Waals surface area contributed by atoms with Crippen molar-refractivity contribution < 1.29 is 5.11 Å². The summed E-state index contributed by atoms with van der Waals surface area (Å²) in [5.74, 6) is 0.435. The lowest BCUT2D eigenvalue weighted by molar-refractivity contribution is 0.219. The zero-order valence-electron chi connectivity index (χ0n) is 9.55. The molecule has 0 radical (unpaired) electrons. The van der Waals surface area contributed by atoms with Gasteiger partial charge in [0, 0.05) is 0 Å². The van der Waals surface area contributed by atoms with Gasteiger partial charge in [0.25, 0.3) is 0 Å². The monoisotopic (exact) mass is 232 g/mol. The molecule has 2 aromatic rings. The minimum Gasteiger partial charge on any atom is -0.384 e. The second kappa shape index (κ2) is 4.81. The van der Waals surface area contributed by atoms with Crippen LogP contribution in [0.4, 0.5) is 0 Å². The van der Waals surface area contributed by atoms with Crippen molar-refractivity contribution in [3.8, 4) is 0 Å². The Morgan fingerprint density at radius 2 is 1.75 bits per heavy atom. The maximum atomic E-state index is 10.3. The van der Waals surface area contributed by atoms with E-state index in [9.17, 15) is 5.11 Å². The minimum absolute atomic E-state index is 0.435. The molecule has 0 fully saturated rings. The fraction of sp³-hybridized carbons (Fsp3) is 0.286. The van der Waals surface area contributed by atoms with Crippen LogP contribution in [0, 0.1) is 0 Å². The van der Waals surface area contributed by atoms with Gasteiger partial charge in [-0.3, -0.25) is 0 Å². The summed E-state index contributed by atoms with van der Waals surface area (Å²) in [6.45, 7) is 4.30. The van der Waals surface area contributed by atoms with Crippen LogP contribution in [-0.4, -0.2) is 5.11 Å². The quantitative estimate of drug-likeness (QED) is 0.849. The highest BCUT2D eigenvalue weighted by molar-refractivity contribution is 7.07. The van der Waals surface area contributed by atoms with Crippen LogP contribution >= 0.6 is 11.3 Å². The van der Waals surface area contributed by atoms with Gasteiger partial charge in [-0.1, -0.05) is 38.1 Å². The van der Waals surface area contributed by atoms with E-state index in [0.29, 0.717) is 5.92 Å². The van der Waals surface area contributed by atoms with E-state index in [1.54, 1.807) is 11.3 Å². The number of aliphatic hydroxyl groups excluding tert-OH is 1. The summed E-state index contributed by atoms with van der Waals surface area (Å²) in [5.41, 5.74) is 3.23. The zero-order valence-corrected chi connectivity index (χ0v) is 10.4. The molecule has 2 rings (SSSR count). The molecule has 16 heavy (non-hydrogen) atoms. The molecule has 0 bridgehead atoms. The molecule has 0 aliphatic heterocycles. The number of hydrogen-bond acceptors (Lipinski definition) is 2. The predicted molar refractivity (Wildman–Crippen MR) is 68.9 cm³/mol. The number of hydrogen-bond donors (Lipinski definition) is 1. The minimum atomic E-state index is -0.496. The van der Waals surface area contributed by atoms with Gasteiger partial charge in [0.2, 0.25) is 0 Å². The van der Waals surface area contributed by atoms with Gasteiger partial charge >= 0.3 is 0 Å². The molecule has 1 atom stereocenters. The molecule has 1 aromatic heterocycles. The van der Waals surface area contributed by atoms with E-state index in [-0.39, 0.29) is 0 Å². The molecular weight excluding hydrogens is 216 g/mol. The van der Waals surface area contributed by atoms with E-state index in [1.807, 2.05) is 35.0 Å². The molecule has 0 saturated heterocycles. The Morgan fingerprint density at radius 3 is 2.31 bits per heavy atom. The van der Waals surface area contributed by atoms with Gasteiger partial charge in [0.15, 0.2) is 0 Å². The van der Waals surface area contributed by atoms with Crippen LogP contribution in [0.5, 0.6) is 0 Å². The van der Waals surface area contributed by atoms with Crippen LogP contribution < -0.4 is 0 Å². The Balaban J connectivity index is 2.40. The second-order valence-electron chi connectivity index (χ2n) is 4.24. The second-order valence-corrected chi connectivity index (χ2v) is 5.02. The van der Waals surface area contributed by atoms with Crippen LogP contribution in [0.2, 0.25) is 0 Å². The average Bonchev–Trinajstić information content (AvgIpc) is 2.81. The molecule has 0 aliphatic carbocycles. The van der Waals surface area contributed by atoms with Gasteiger partial charge in [-0.05, 0) is 39.4 Å². The molecular formula is C14H16OS. The molecule has 1 aromatic carbocycles. The van der Waals surface area contributed by atoms with Gasteiger partial charge < -0.3 is 5.11 Å². The molecule has 0 unspecified atom stereocenters. The SMILES string of the molecule is CC(C)c1ccccc1[C@H](O)c1ccsc1. The van der Waals surface area contributed by atoms with Crippen molar-refractivity contribution in [3.05, 3.63) is 57.8 Å². The molecule has 0 spiro atoms. The Bertz CT molecular complexity index is 446. The first-order valence-electron chi connectivity index (χ1n) is 5.49. The Kier molecular flexibility index (Phi) is 3.42. The third kappa shape index (κ3) is 2.18. The first kappa shape index (κ1) is 11.4. The van der Waals surface area contributed by atoms with Gasteiger partial charge in [0.1, 0.15) is 6.10 Å². The maximum Gasteiger partial charge on any atom is 0.105 e. The van der Waals surface area contributed by atoms with Gasteiger partial charge in [-0.15, -0.1) is 0 Å². The van der Waals surface area contributed by atoms with Crippen LogP contribution in [-0.2, 0) is 0 Å². The van der Waals surface area contributed by atoms with Gasteiger partial charge in [-0.2, -0.15) is 11.3 Å². The third-order valence-corrected chi connectivity index (χ3v) is 3.47. The van der Waals surface area contributed by atoms with E-state index in [4.69, 9.17) is 0 Å². The van der Waals surface area contributed by atoms with Crippen molar-refractivity contribution in [2.45, 2.75) is 25.9 Å². The summed E-state index contributed by atoms with van der Waals surface area (Å²) in [5, 5.41) is 14.3. The topological polar surface area (TPSA) is 20.2 Å². The highest BCUT2D eigenvalue weighted by Gasteiger charge is 2.15. The van der Waals surface area contributed by atoms with E-state index >= 15 is 0 Å². The van der Waals surface area contributed by atoms with Gasteiger partial charge in [-0.25, -0.2) is 0 Å². The van der Waals surface area contributed by atoms with E-state index in [0.717, 1.165) is 11.1 Å². The summed E-state index contributed by atoms with van der Waals surface area (Å²) in [6, 6.07) is 10.1. The standard InChI is InChI=1S/C14H16OS/c1-10(2)12-5-3-4-6-13(12)14(15)11-7-8-16-9-11/h3-10,14-15H,1-2H3/t14-/m1/s1. The molecule has 1 nitrogen and oxygen atoms in total. The Labute approximate surface area is 100 Å². The number of rotatable bonds is 3. The highest BCUT2D eigenvalue weighted by atomic mass is 32.1. The Hall–Kier alpha value is -1.12. The highest BCUT2D eigenvalue weighted by Crippen LogP contribution is 2.30. The first-order valence-corrected chi connectivity index (χ1v) is 6.43. The van der Waals surface area contributed by atoms with Gasteiger partial charge in [0.05, 0.1) is 0 Å². The van der Waals surface area contributed by atoms with Crippen molar-refractivity contribution in [1.29, 1.82) is 0 Å². The lowest BCUT2D eigenvalue weighted by Gasteiger charge is -2.17. The lowest BCUT2D eigenvalue weighted by Crippen LogP contribution is -2.03. The van der Waals surface area contributed by atoms with Crippen molar-refractivity contribution in [1.82, 2.24) is 0 Å². The van der Waals surface area contributed by atoms with E-state index in [1.165, 1.54) is 5.56 Å². The summed E-state index contributed by atoms with van der Waals surface area (Å²) < 4.78 is 0. The fourth-order valence-electron chi connectivity index (χ4n) is 1.90. The predicted octanol–water partition coefficient (Wildman–Crippen LogP) is 3.95. The number of benzene rings is 1. The summed E-state index contributed by atoms with van der Waals surface area (Å²) in [4.78, 5) is 0. The normalized spacial score (nSPS) is 13.0. The molecule has 0 amide bonds. The van der Waals surface area contributed by atoms with Crippen molar-refractivity contribution in [2.24, 2.45) is 0 Å². The number of aliphatic hydroxyl groups is 1. The van der Waals surface area contributed by atoms with Crippen LogP contribution in [0.15, 0.2) is 41.1 Å². The zero-order chi connectivity index (χ0) is 11.5. The molecule has 2 heteroatoms. The average molecular weight is 232 g/mol. The smallest absolute Gasteiger partial charge is 0.105 e. The summed E-state index contributed by atoms with van der Waals surface area (Å²) in [6.07, 6.45) is -0.496. The summed E-state index contributed by atoms with van der Waals surface area (Å²) in [7, 11) is 0. The van der Waals surface area contributed by atoms with Crippen molar-refractivity contribution >= 4 is 11.3 Å². The van der Waals surface area contributed by atoms with Crippen molar-refractivity contribution in [2.75, 3.05) is 0 Å². The molecule has 1 N–H and O–H groups in total. The van der Waals surface area contributed by atoms with Crippen LogP contribution in [0.25, 0.3) is 0 Å². The van der Waals surface area contributed by atoms with E-state index < -0.39 is 6.10 Å². The van der Waals surface area contributed by atoms with Crippen LogP contribution in [0.1, 0.15) is 42.6 Å². The lowest BCUT2D eigenvalue weighted by atomic mass is 9.92. The van der Waals surface area contributed by atoms with E-state index in [2.05, 4.69) is 19.9 Å².